The Morgan fingerprint density at radius 2 is 2.03 bits per heavy atom. The van der Waals surface area contributed by atoms with Gasteiger partial charge in [0.25, 0.3) is 5.60 Å². The number of para-hydroxylation sites is 1. The molecule has 3 aliphatic rings. The Balaban J connectivity index is 1.70. The molecule has 10 nitrogen and oxygen atoms in total. The van der Waals surface area contributed by atoms with Crippen LogP contribution in [-0.2, 0) is 20.9 Å². The number of nitrogens with zero attached hydrogens (tertiary/aromatic N) is 1. The Labute approximate surface area is 191 Å². The zero-order valence-corrected chi connectivity index (χ0v) is 18.2. The number of fused-ring (bicyclic) bond motifs is 4. The van der Waals surface area contributed by atoms with Gasteiger partial charge in [0.1, 0.15) is 28.9 Å². The summed E-state index contributed by atoms with van der Waals surface area (Å²) in [4.78, 5) is 38.1. The van der Waals surface area contributed by atoms with Gasteiger partial charge in [-0.15, -0.1) is 0 Å². The number of carbonyl (C=O) groups is 2. The second kappa shape index (κ2) is 6.73. The van der Waals surface area contributed by atoms with Crippen molar-refractivity contribution in [2.24, 2.45) is 0 Å². The molecular formula is C24H19NO9. The molecule has 1 saturated carbocycles. The molecule has 0 bridgehead atoms. The van der Waals surface area contributed by atoms with E-state index in [9.17, 15) is 24.6 Å². The SMILES string of the molecule is COC(=O)C12Oc3cc4c(c(OC)c3C(O)=C1C(=O)CC[C@@H]2O)-c1cccc2c(=O)on(c12)C4. The van der Waals surface area contributed by atoms with Crippen LogP contribution >= 0.6 is 0 Å². The van der Waals surface area contributed by atoms with E-state index in [-0.39, 0.29) is 42.0 Å². The number of aliphatic hydroxyl groups is 2. The van der Waals surface area contributed by atoms with E-state index in [1.165, 1.54) is 11.8 Å². The van der Waals surface area contributed by atoms with Crippen LogP contribution < -0.4 is 15.1 Å². The third-order valence-electron chi connectivity index (χ3n) is 6.81. The molecule has 1 unspecified atom stereocenters. The van der Waals surface area contributed by atoms with Crippen LogP contribution in [-0.4, -0.2) is 52.6 Å². The van der Waals surface area contributed by atoms with E-state index < -0.39 is 34.8 Å². The van der Waals surface area contributed by atoms with Gasteiger partial charge in [0.15, 0.2) is 5.78 Å². The van der Waals surface area contributed by atoms with Crippen molar-refractivity contribution < 1.29 is 38.5 Å². The minimum absolute atomic E-state index is 0.0288. The van der Waals surface area contributed by atoms with E-state index >= 15 is 0 Å². The molecule has 1 aromatic heterocycles. The third kappa shape index (κ3) is 2.30. The summed E-state index contributed by atoms with van der Waals surface area (Å²) < 4.78 is 23.5. The maximum absolute atomic E-state index is 12.9. The molecule has 174 valence electrons. The first kappa shape index (κ1) is 20.5. The van der Waals surface area contributed by atoms with Gasteiger partial charge >= 0.3 is 11.6 Å². The summed E-state index contributed by atoms with van der Waals surface area (Å²) in [7, 11) is 2.52. The smallest absolute Gasteiger partial charge is 0.365 e. The fraction of sp³-hybridized carbons (Fsp3) is 0.292. The number of hydrogen-bond acceptors (Lipinski definition) is 9. The summed E-state index contributed by atoms with van der Waals surface area (Å²) in [5.41, 5.74) is -0.537. The fourth-order valence-corrected chi connectivity index (χ4v) is 5.38. The molecule has 2 aliphatic heterocycles. The molecule has 2 aromatic carbocycles. The van der Waals surface area contributed by atoms with Gasteiger partial charge < -0.3 is 28.9 Å². The van der Waals surface area contributed by atoms with Crippen molar-refractivity contribution in [2.45, 2.75) is 31.1 Å². The van der Waals surface area contributed by atoms with E-state index in [0.29, 0.717) is 27.6 Å². The molecule has 0 spiro atoms. The lowest BCUT2D eigenvalue weighted by molar-refractivity contribution is -0.169. The van der Waals surface area contributed by atoms with E-state index in [2.05, 4.69) is 0 Å². The van der Waals surface area contributed by atoms with E-state index in [1.54, 1.807) is 24.3 Å². The Morgan fingerprint density at radius 3 is 2.76 bits per heavy atom. The Morgan fingerprint density at radius 1 is 1.24 bits per heavy atom. The van der Waals surface area contributed by atoms with Crippen LogP contribution in [0.3, 0.4) is 0 Å². The second-order valence-electron chi connectivity index (χ2n) is 8.46. The van der Waals surface area contributed by atoms with Gasteiger partial charge in [-0.1, -0.05) is 12.1 Å². The number of Topliss-reactive ketones (excluding diaryl/α,β-unsaturated/α-hetero) is 1. The number of ether oxygens (including phenoxy) is 3. The molecule has 0 amide bonds. The topological polar surface area (TPSA) is 137 Å². The molecule has 10 heteroatoms. The molecule has 0 saturated heterocycles. The first-order valence-electron chi connectivity index (χ1n) is 10.6. The van der Waals surface area contributed by atoms with Crippen molar-refractivity contribution in [3.8, 4) is 22.6 Å². The highest BCUT2D eigenvalue weighted by Gasteiger charge is 2.61. The standard InChI is InChI=1S/C24H19NO9/c1-31-21-16-10(9-25-19-11(16)4-3-5-12(19)22(29)34-25)8-14-17(21)20(28)18-13(26)6-7-15(27)24(18,33-14)23(30)32-2/h3-5,8,15,27-28H,6-7,9H2,1-2H3/t15-,24?/m0/s1. The Bertz CT molecular complexity index is 1530. The van der Waals surface area contributed by atoms with Crippen LogP contribution in [0.1, 0.15) is 24.0 Å². The molecule has 2 atom stereocenters. The van der Waals surface area contributed by atoms with Gasteiger partial charge in [0, 0.05) is 17.5 Å². The number of aliphatic hydroxyl groups excluding tert-OH is 2. The lowest BCUT2D eigenvalue weighted by atomic mass is 9.73. The number of aromatic nitrogens is 1. The lowest BCUT2D eigenvalue weighted by Gasteiger charge is -2.43. The van der Waals surface area contributed by atoms with Gasteiger partial charge in [-0.25, -0.2) is 14.3 Å². The van der Waals surface area contributed by atoms with Gasteiger partial charge in [0.2, 0.25) is 0 Å². The average Bonchev–Trinajstić information content (AvgIpc) is 3.15. The zero-order valence-electron chi connectivity index (χ0n) is 18.2. The quantitative estimate of drug-likeness (QED) is 0.425. The van der Waals surface area contributed by atoms with Crippen molar-refractivity contribution in [3.05, 3.63) is 51.4 Å². The average molecular weight is 465 g/mol. The second-order valence-corrected chi connectivity index (χ2v) is 8.46. The summed E-state index contributed by atoms with van der Waals surface area (Å²) >= 11 is 0. The number of hydrogen-bond donors (Lipinski definition) is 2. The van der Waals surface area contributed by atoms with Crippen LogP contribution in [0, 0.1) is 0 Å². The zero-order chi connectivity index (χ0) is 23.9. The molecule has 1 fully saturated rings. The molecule has 6 rings (SSSR count). The molecule has 1 aliphatic carbocycles. The van der Waals surface area contributed by atoms with Crippen molar-refractivity contribution in [1.82, 2.24) is 4.74 Å². The Kier molecular flexibility index (Phi) is 4.07. The third-order valence-corrected chi connectivity index (χ3v) is 6.81. The maximum Gasteiger partial charge on any atom is 0.365 e. The van der Waals surface area contributed by atoms with E-state index in [0.717, 1.165) is 7.11 Å². The summed E-state index contributed by atoms with van der Waals surface area (Å²) in [6.45, 7) is 0.155. The van der Waals surface area contributed by atoms with Crippen molar-refractivity contribution in [2.75, 3.05) is 14.2 Å². The molecule has 2 N–H and O–H groups in total. The molecule has 3 aromatic rings. The van der Waals surface area contributed by atoms with Crippen LogP contribution in [0.25, 0.3) is 27.8 Å². The minimum atomic E-state index is -2.21. The number of rotatable bonds is 2. The van der Waals surface area contributed by atoms with Crippen molar-refractivity contribution in [1.29, 1.82) is 0 Å². The molecule has 3 heterocycles. The van der Waals surface area contributed by atoms with Gasteiger partial charge in [-0.05, 0) is 24.1 Å². The number of esters is 1. The van der Waals surface area contributed by atoms with Crippen LogP contribution in [0.2, 0.25) is 0 Å². The normalized spacial score (nSPS) is 22.6. The number of carbonyl (C=O) groups excluding carboxylic acids is 2. The van der Waals surface area contributed by atoms with Crippen LogP contribution in [0.4, 0.5) is 0 Å². The van der Waals surface area contributed by atoms with E-state index in [1.807, 2.05) is 0 Å². The Hall–Kier alpha value is -4.05. The lowest BCUT2D eigenvalue weighted by Crippen LogP contribution is -2.61. The highest BCUT2D eigenvalue weighted by molar-refractivity contribution is 6.13. The largest absolute Gasteiger partial charge is 0.506 e. The van der Waals surface area contributed by atoms with Crippen LogP contribution in [0.5, 0.6) is 11.5 Å². The number of methoxy groups -OCH3 is 2. The van der Waals surface area contributed by atoms with Gasteiger partial charge in [0.05, 0.1) is 37.2 Å². The van der Waals surface area contributed by atoms with Gasteiger partial charge in [-0.3, -0.25) is 4.79 Å². The highest BCUT2D eigenvalue weighted by Crippen LogP contribution is 2.54. The number of ketones is 1. The monoisotopic (exact) mass is 465 g/mol. The maximum atomic E-state index is 12.9. The minimum Gasteiger partial charge on any atom is -0.506 e. The predicted octanol–water partition coefficient (Wildman–Crippen LogP) is 1.93. The summed E-state index contributed by atoms with van der Waals surface area (Å²) in [5.74, 6) is -1.82. The van der Waals surface area contributed by atoms with Crippen molar-refractivity contribution >= 4 is 28.4 Å². The van der Waals surface area contributed by atoms with Crippen LogP contribution in [0.15, 0.2) is 39.2 Å². The fourth-order valence-electron chi connectivity index (χ4n) is 5.38. The number of benzene rings is 2. The first-order valence-corrected chi connectivity index (χ1v) is 10.6. The van der Waals surface area contributed by atoms with Gasteiger partial charge in [-0.2, -0.15) is 0 Å². The molecule has 34 heavy (non-hydrogen) atoms. The molecular weight excluding hydrogens is 446 g/mol. The first-order chi connectivity index (χ1) is 16.3. The van der Waals surface area contributed by atoms with Crippen molar-refractivity contribution in [3.63, 3.8) is 0 Å². The molecule has 0 radical (unpaired) electrons. The highest BCUT2D eigenvalue weighted by atomic mass is 16.6. The predicted molar refractivity (Wildman–Crippen MR) is 117 cm³/mol. The summed E-state index contributed by atoms with van der Waals surface area (Å²) in [5, 5.41) is 22.6. The van der Waals surface area contributed by atoms with E-state index in [4.69, 9.17) is 18.7 Å². The summed E-state index contributed by atoms with van der Waals surface area (Å²) in [6.07, 6.45) is -1.54. The summed E-state index contributed by atoms with van der Waals surface area (Å²) in [6, 6.07) is 6.75.